The summed E-state index contributed by atoms with van der Waals surface area (Å²) >= 11 is 0. The number of rotatable bonds is 3. The van der Waals surface area contributed by atoms with E-state index in [2.05, 4.69) is 17.2 Å². The molecule has 1 fully saturated rings. The van der Waals surface area contributed by atoms with E-state index in [0.717, 1.165) is 6.42 Å². The second kappa shape index (κ2) is 7.21. The quantitative estimate of drug-likeness (QED) is 0.837. The van der Waals surface area contributed by atoms with Crippen LogP contribution in [0, 0.1) is 23.6 Å². The highest BCUT2D eigenvalue weighted by molar-refractivity contribution is 5.94. The summed E-state index contributed by atoms with van der Waals surface area (Å²) in [6.07, 6.45) is 1.39. The number of nitrogens with one attached hydrogen (secondary N) is 1. The lowest BCUT2D eigenvalue weighted by molar-refractivity contribution is -0.121. The molecule has 2 unspecified atom stereocenters. The van der Waals surface area contributed by atoms with E-state index in [-0.39, 0.29) is 24.5 Å². The van der Waals surface area contributed by atoms with Crippen LogP contribution in [-0.4, -0.2) is 30.3 Å². The maximum atomic E-state index is 13.3. The van der Waals surface area contributed by atoms with Gasteiger partial charge in [0.2, 0.25) is 5.91 Å². The summed E-state index contributed by atoms with van der Waals surface area (Å²) in [5.74, 6) is 4.32. The van der Waals surface area contributed by atoms with Crippen LogP contribution in [0.4, 0.5) is 10.1 Å². The third kappa shape index (κ3) is 3.81. The van der Waals surface area contributed by atoms with Crippen molar-refractivity contribution in [3.05, 3.63) is 29.6 Å². The fraction of sp³-hybridized carbons (Fsp3) is 0.438. The molecule has 1 aromatic carbocycles. The smallest absolute Gasteiger partial charge is 0.230 e. The van der Waals surface area contributed by atoms with Crippen LogP contribution in [0.15, 0.2) is 18.2 Å². The van der Waals surface area contributed by atoms with Crippen LogP contribution < -0.4 is 5.32 Å². The Bertz CT molecular complexity index is 577. The molecule has 2 atom stereocenters. The van der Waals surface area contributed by atoms with E-state index in [4.69, 9.17) is 9.84 Å². The molecule has 2 rings (SSSR count). The van der Waals surface area contributed by atoms with Crippen molar-refractivity contribution in [2.24, 2.45) is 5.92 Å². The summed E-state index contributed by atoms with van der Waals surface area (Å²) in [5, 5.41) is 11.5. The van der Waals surface area contributed by atoms with Gasteiger partial charge >= 0.3 is 0 Å². The number of hydrogen-bond acceptors (Lipinski definition) is 3. The molecule has 1 aliphatic heterocycles. The summed E-state index contributed by atoms with van der Waals surface area (Å²) < 4.78 is 18.8. The van der Waals surface area contributed by atoms with E-state index in [1.807, 2.05) is 6.92 Å². The normalized spacial score (nSPS) is 20.7. The molecule has 5 heteroatoms. The lowest BCUT2D eigenvalue weighted by Crippen LogP contribution is -2.29. The lowest BCUT2D eigenvalue weighted by atomic mass is 9.98. The zero-order chi connectivity index (χ0) is 15.2. The molecule has 0 spiro atoms. The van der Waals surface area contributed by atoms with E-state index in [9.17, 15) is 9.18 Å². The van der Waals surface area contributed by atoms with Crippen LogP contribution in [0.5, 0.6) is 0 Å². The SMILES string of the molecule is CCC1OCCC1C(=O)Nc1ccc(F)cc1C#CCO. The standard InChI is InChI=1S/C16H18FNO3/c1-2-15-13(7-9-21-15)16(20)18-14-6-5-12(17)10-11(14)4-3-8-19/h5-6,10,13,15,19H,2,7-9H2,1H3,(H,18,20). The predicted octanol–water partition coefficient (Wildman–Crippen LogP) is 1.92. The summed E-state index contributed by atoms with van der Waals surface area (Å²) in [6.45, 7) is 2.24. The number of aliphatic hydroxyl groups is 1. The van der Waals surface area contributed by atoms with Gasteiger partial charge in [-0.2, -0.15) is 0 Å². The van der Waals surface area contributed by atoms with Crippen LogP contribution in [-0.2, 0) is 9.53 Å². The average molecular weight is 291 g/mol. The first-order chi connectivity index (χ1) is 10.2. The molecule has 1 heterocycles. The Balaban J connectivity index is 2.17. The molecule has 2 N–H and O–H groups in total. The van der Waals surface area contributed by atoms with E-state index in [1.165, 1.54) is 18.2 Å². The predicted molar refractivity (Wildman–Crippen MR) is 77.1 cm³/mol. The summed E-state index contributed by atoms with van der Waals surface area (Å²) in [6, 6.07) is 3.98. The number of halogens is 1. The zero-order valence-electron chi connectivity index (χ0n) is 11.9. The van der Waals surface area contributed by atoms with E-state index in [1.54, 1.807) is 0 Å². The fourth-order valence-electron chi connectivity index (χ4n) is 2.44. The molecule has 1 aliphatic rings. The number of benzene rings is 1. The van der Waals surface area contributed by atoms with Crippen molar-refractivity contribution in [2.75, 3.05) is 18.5 Å². The topological polar surface area (TPSA) is 58.6 Å². The molecule has 1 amide bonds. The lowest BCUT2D eigenvalue weighted by Gasteiger charge is -2.17. The van der Waals surface area contributed by atoms with Crippen molar-refractivity contribution in [1.82, 2.24) is 0 Å². The summed E-state index contributed by atoms with van der Waals surface area (Å²) in [7, 11) is 0. The monoisotopic (exact) mass is 291 g/mol. The minimum absolute atomic E-state index is 0.0718. The van der Waals surface area contributed by atoms with Crippen molar-refractivity contribution in [3.8, 4) is 11.8 Å². The van der Waals surface area contributed by atoms with Crippen molar-refractivity contribution in [2.45, 2.75) is 25.9 Å². The zero-order valence-corrected chi connectivity index (χ0v) is 11.9. The number of carbonyl (C=O) groups excluding carboxylic acids is 1. The Morgan fingerprint density at radius 2 is 2.38 bits per heavy atom. The van der Waals surface area contributed by atoms with Gasteiger partial charge in [0.1, 0.15) is 12.4 Å². The van der Waals surface area contributed by atoms with Crippen LogP contribution in [0.3, 0.4) is 0 Å². The van der Waals surface area contributed by atoms with E-state index in [0.29, 0.717) is 24.3 Å². The number of carbonyl (C=O) groups is 1. The van der Waals surface area contributed by atoms with Gasteiger partial charge in [-0.15, -0.1) is 0 Å². The van der Waals surface area contributed by atoms with Crippen molar-refractivity contribution in [3.63, 3.8) is 0 Å². The molecule has 112 valence electrons. The first kappa shape index (κ1) is 15.5. The maximum absolute atomic E-state index is 13.3. The van der Waals surface area contributed by atoms with Gasteiger partial charge in [-0.25, -0.2) is 4.39 Å². The van der Waals surface area contributed by atoms with Gasteiger partial charge in [0.25, 0.3) is 0 Å². The van der Waals surface area contributed by atoms with Crippen LogP contribution in [0.2, 0.25) is 0 Å². The number of aliphatic hydroxyl groups excluding tert-OH is 1. The Kier molecular flexibility index (Phi) is 5.32. The Hall–Kier alpha value is -1.90. The molecule has 0 bridgehead atoms. The van der Waals surface area contributed by atoms with E-state index >= 15 is 0 Å². The third-order valence-electron chi connectivity index (χ3n) is 3.49. The van der Waals surface area contributed by atoms with Gasteiger partial charge in [0.15, 0.2) is 0 Å². The molecule has 4 nitrogen and oxygen atoms in total. The van der Waals surface area contributed by atoms with Gasteiger partial charge in [0.05, 0.1) is 23.3 Å². The Morgan fingerprint density at radius 1 is 1.57 bits per heavy atom. The number of hydrogen-bond donors (Lipinski definition) is 2. The van der Waals surface area contributed by atoms with Gasteiger partial charge in [-0.1, -0.05) is 18.8 Å². The van der Waals surface area contributed by atoms with Gasteiger partial charge in [-0.05, 0) is 31.0 Å². The molecular weight excluding hydrogens is 273 g/mol. The fourth-order valence-corrected chi connectivity index (χ4v) is 2.44. The van der Waals surface area contributed by atoms with Crippen molar-refractivity contribution in [1.29, 1.82) is 0 Å². The van der Waals surface area contributed by atoms with Crippen molar-refractivity contribution < 1.29 is 19.0 Å². The van der Waals surface area contributed by atoms with Crippen molar-refractivity contribution >= 4 is 11.6 Å². The van der Waals surface area contributed by atoms with E-state index < -0.39 is 5.82 Å². The molecule has 0 radical (unpaired) electrons. The number of anilines is 1. The van der Waals surface area contributed by atoms with Gasteiger partial charge in [-0.3, -0.25) is 4.79 Å². The second-order valence-electron chi connectivity index (χ2n) is 4.85. The highest BCUT2D eigenvalue weighted by atomic mass is 19.1. The highest BCUT2D eigenvalue weighted by Crippen LogP contribution is 2.26. The minimum Gasteiger partial charge on any atom is -0.384 e. The van der Waals surface area contributed by atoms with Crippen LogP contribution in [0.1, 0.15) is 25.3 Å². The minimum atomic E-state index is -0.439. The third-order valence-corrected chi connectivity index (χ3v) is 3.49. The molecule has 0 aromatic heterocycles. The molecule has 0 aliphatic carbocycles. The molecule has 1 saturated heterocycles. The molecule has 21 heavy (non-hydrogen) atoms. The number of ether oxygens (including phenoxy) is 1. The van der Waals surface area contributed by atoms with Crippen LogP contribution >= 0.6 is 0 Å². The van der Waals surface area contributed by atoms with Crippen LogP contribution in [0.25, 0.3) is 0 Å². The molecule has 1 aromatic rings. The summed E-state index contributed by atoms with van der Waals surface area (Å²) in [5.41, 5.74) is 0.800. The molecular formula is C16H18FNO3. The van der Waals surface area contributed by atoms with Gasteiger partial charge in [0, 0.05) is 6.61 Å². The second-order valence-corrected chi connectivity index (χ2v) is 4.85. The highest BCUT2D eigenvalue weighted by Gasteiger charge is 2.32. The first-order valence-corrected chi connectivity index (χ1v) is 6.97. The Labute approximate surface area is 123 Å². The Morgan fingerprint density at radius 3 is 3.10 bits per heavy atom. The first-order valence-electron chi connectivity index (χ1n) is 6.97. The van der Waals surface area contributed by atoms with Gasteiger partial charge < -0.3 is 15.2 Å². The maximum Gasteiger partial charge on any atom is 0.230 e. The summed E-state index contributed by atoms with van der Waals surface area (Å²) in [4.78, 5) is 12.3. The largest absolute Gasteiger partial charge is 0.384 e. The molecule has 0 saturated carbocycles. The average Bonchev–Trinajstić information content (AvgIpc) is 2.96. The number of amides is 1.